The van der Waals surface area contributed by atoms with Crippen LogP contribution in [0.5, 0.6) is 11.5 Å². The van der Waals surface area contributed by atoms with E-state index in [9.17, 15) is 39.6 Å². The zero-order chi connectivity index (χ0) is 44.9. The summed E-state index contributed by atoms with van der Waals surface area (Å²) >= 11 is 0. The number of esters is 1. The number of likely N-dealkylation sites (tertiary alicyclic amines) is 1. The van der Waals surface area contributed by atoms with Crippen LogP contribution in [0.25, 0.3) is 0 Å². The van der Waals surface area contributed by atoms with E-state index in [4.69, 9.17) is 23.9 Å². The number of ketones is 1. The molecule has 1 fully saturated rings. The van der Waals surface area contributed by atoms with Gasteiger partial charge in [0.05, 0.1) is 41.5 Å². The van der Waals surface area contributed by atoms with Crippen molar-refractivity contribution in [3.05, 3.63) is 69.8 Å². The average Bonchev–Trinajstić information content (AvgIpc) is 3.73. The van der Waals surface area contributed by atoms with Gasteiger partial charge >= 0.3 is 5.97 Å². The number of aromatic hydroxyl groups is 1. The number of phenols is 1. The number of carbonyl (C=O) groups excluding carboxylic acids is 4. The molecule has 10 atom stereocenters. The van der Waals surface area contributed by atoms with Gasteiger partial charge in [-0.2, -0.15) is 0 Å². The Hall–Kier alpha value is -5.03. The van der Waals surface area contributed by atoms with Crippen LogP contribution in [0, 0.1) is 30.6 Å². The summed E-state index contributed by atoms with van der Waals surface area (Å²) in [5.74, 6) is -6.47. The van der Waals surface area contributed by atoms with Gasteiger partial charge < -0.3 is 54.9 Å². The Balaban J connectivity index is 1.50. The lowest BCUT2D eigenvalue weighted by molar-refractivity contribution is -0.181. The van der Waals surface area contributed by atoms with E-state index in [2.05, 4.69) is 10.6 Å². The Morgan fingerprint density at radius 2 is 1.66 bits per heavy atom. The Kier molecular flexibility index (Phi) is 13.0. The summed E-state index contributed by atoms with van der Waals surface area (Å²) in [7, 11) is 1.47. The molecule has 5 bridgehead atoms. The molecule has 5 aliphatic heterocycles. The second-order valence-corrected chi connectivity index (χ2v) is 17.2. The smallest absolute Gasteiger partial charge is 0.302 e. The second kappa shape index (κ2) is 17.4. The van der Waals surface area contributed by atoms with Crippen LogP contribution >= 0.6 is 0 Å². The number of phenolic OH excluding ortho intramolecular Hbond substituents is 1. The highest BCUT2D eigenvalue weighted by Crippen LogP contribution is 2.54. The number of amides is 2. The molecule has 0 saturated carbocycles. The minimum atomic E-state index is -1.81. The number of nitrogens with one attached hydrogen (secondary N) is 2. The maximum Gasteiger partial charge on any atom is 0.302 e. The predicted octanol–water partition coefficient (Wildman–Crippen LogP) is 3.75. The fourth-order valence-corrected chi connectivity index (χ4v) is 9.15. The third-order valence-electron chi connectivity index (χ3n) is 13.1. The number of piperidine rings is 1. The largest absolute Gasteiger partial charge is 0.507 e. The van der Waals surface area contributed by atoms with E-state index >= 15 is 0 Å². The van der Waals surface area contributed by atoms with Gasteiger partial charge in [-0.15, -0.1) is 0 Å². The second-order valence-electron chi connectivity index (χ2n) is 17.2. The number of nitrogens with zero attached hydrogens (tertiary/aromatic N) is 2. The lowest BCUT2D eigenvalue weighted by Gasteiger charge is -2.38. The predicted molar refractivity (Wildman–Crippen MR) is 223 cm³/mol. The summed E-state index contributed by atoms with van der Waals surface area (Å²) in [6.07, 6.45) is 3.45. The minimum absolute atomic E-state index is 0.00233. The van der Waals surface area contributed by atoms with Crippen molar-refractivity contribution in [3.63, 3.8) is 0 Å². The third-order valence-corrected chi connectivity index (χ3v) is 13.1. The number of ether oxygens (including phenoxy) is 4. The molecule has 1 aromatic carbocycles. The molecule has 332 valence electrons. The van der Waals surface area contributed by atoms with Crippen molar-refractivity contribution in [1.29, 1.82) is 0 Å². The highest BCUT2D eigenvalue weighted by atomic mass is 16.7. The molecular formula is C45H60N4O12. The van der Waals surface area contributed by atoms with Crippen molar-refractivity contribution < 1.29 is 58.6 Å². The number of hydrogen-bond acceptors (Lipinski definition) is 14. The number of methoxy groups -OCH3 is 1. The molecule has 0 radical (unpaired) electrons. The van der Waals surface area contributed by atoms with Crippen LogP contribution in [0.4, 0.5) is 0 Å². The lowest BCUT2D eigenvalue weighted by Crippen LogP contribution is -2.51. The lowest BCUT2D eigenvalue weighted by atomic mass is 9.78. The first kappa shape index (κ1) is 45.5. The first-order chi connectivity index (χ1) is 28.7. The van der Waals surface area contributed by atoms with Gasteiger partial charge in [0.15, 0.2) is 6.10 Å². The van der Waals surface area contributed by atoms with E-state index in [0.717, 1.165) is 0 Å². The Morgan fingerprint density at radius 3 is 2.28 bits per heavy atom. The first-order valence-corrected chi connectivity index (χ1v) is 21.0. The summed E-state index contributed by atoms with van der Waals surface area (Å²) in [6, 6.07) is 0. The highest BCUT2D eigenvalue weighted by Gasteiger charge is 2.54. The molecule has 6 aliphatic rings. The molecule has 16 nitrogen and oxygen atoms in total. The molecule has 2 amide bonds. The van der Waals surface area contributed by atoms with Crippen molar-refractivity contribution in [2.24, 2.45) is 28.7 Å². The molecule has 1 aromatic rings. The summed E-state index contributed by atoms with van der Waals surface area (Å²) in [5.41, 5.74) is -0.245. The van der Waals surface area contributed by atoms with Gasteiger partial charge in [0, 0.05) is 99.2 Å². The normalized spacial score (nSPS) is 34.6. The Bertz CT molecular complexity index is 2120. The van der Waals surface area contributed by atoms with E-state index in [1.165, 1.54) is 33.3 Å². The number of rotatable bonds is 3. The number of benzene rings is 1. The van der Waals surface area contributed by atoms with Gasteiger partial charge in [0.25, 0.3) is 11.7 Å². The van der Waals surface area contributed by atoms with Crippen LogP contribution in [0.2, 0.25) is 0 Å². The molecule has 1 saturated heterocycles. The fraction of sp³-hybridized carbons (Fsp3) is 0.578. The van der Waals surface area contributed by atoms with Gasteiger partial charge in [0.2, 0.25) is 11.7 Å². The number of aliphatic hydroxyl groups is 3. The topological polar surface area (TPSA) is 226 Å². The average molecular weight is 849 g/mol. The molecule has 7 rings (SSSR count). The zero-order valence-electron chi connectivity index (χ0n) is 36.6. The van der Waals surface area contributed by atoms with Crippen LogP contribution in [0.3, 0.4) is 0 Å². The van der Waals surface area contributed by atoms with Crippen LogP contribution in [0.15, 0.2) is 52.5 Å². The standard InChI is InChI=1S/C45H60N4O12/c1-11-29(51)49-18-16-45(17-19-49)47-33-30-31-38(54)26(7)41-32(30)42(56)44(9,61-41)59-20-15-28(58-10)23(4)40(60-27(8)50)25(6)37(53)24(5)36(52)21(2)13-12-14-22(3)43(57)46-35(39(31)55)34(33)48-45/h12-15,20-21,23-25,28,36-37,40,42,48,52-54,56H,11,16-19H2,1-10H3,(H,46,57)/b13-12+,20-15+,22-14-/t21-,23+,24+,25+,28-,36-,37+,40+,42?,44-/m0/s1. The summed E-state index contributed by atoms with van der Waals surface area (Å²) in [6.45, 7) is 15.4. The van der Waals surface area contributed by atoms with Crippen molar-refractivity contribution in [1.82, 2.24) is 15.5 Å². The van der Waals surface area contributed by atoms with E-state index in [0.29, 0.717) is 32.4 Å². The molecule has 5 heterocycles. The van der Waals surface area contributed by atoms with Gasteiger partial charge in [-0.3, -0.25) is 24.2 Å². The Morgan fingerprint density at radius 1 is 0.984 bits per heavy atom. The molecule has 1 aliphatic carbocycles. The van der Waals surface area contributed by atoms with Crippen LogP contribution < -0.4 is 15.4 Å². The third kappa shape index (κ3) is 8.22. The van der Waals surface area contributed by atoms with Crippen molar-refractivity contribution in [3.8, 4) is 11.5 Å². The summed E-state index contributed by atoms with van der Waals surface area (Å²) in [5, 5.41) is 53.1. The van der Waals surface area contributed by atoms with E-state index in [1.807, 2.05) is 0 Å². The number of hydrogen-bond donors (Lipinski definition) is 6. The summed E-state index contributed by atoms with van der Waals surface area (Å²) in [4.78, 5) is 60.5. The maximum absolute atomic E-state index is 14.7. The van der Waals surface area contributed by atoms with Crippen LogP contribution in [-0.2, 0) is 28.6 Å². The first-order valence-electron chi connectivity index (χ1n) is 21.0. The molecule has 1 spiro atoms. The highest BCUT2D eigenvalue weighted by molar-refractivity contribution is 6.31. The van der Waals surface area contributed by atoms with E-state index < -0.39 is 89.1 Å². The Labute approximate surface area is 356 Å². The molecule has 6 N–H and O–H groups in total. The molecule has 0 aromatic heterocycles. The SMILES string of the molecule is CCC(=O)N1CCC2(CC1)N=C1C(=C3NC(=O)/C(C)=C\C=C\[C@H](C)[C@H](O)[C@@H](C)[C@@H](O)[C@@H](C)[C@H](OC(C)=O)[C@H](C)[C@@H](OC)/C=C/O[C@@]4(C)Oc5c(C)c(O)c(c1c5C4O)C3=O)N2. The minimum Gasteiger partial charge on any atom is -0.507 e. The number of aliphatic hydroxyl groups excluding tert-OH is 3. The van der Waals surface area contributed by atoms with Gasteiger partial charge in [-0.25, -0.2) is 0 Å². The molecule has 16 heteroatoms. The van der Waals surface area contributed by atoms with Gasteiger partial charge in [-0.1, -0.05) is 52.8 Å². The van der Waals surface area contributed by atoms with E-state index in [1.54, 1.807) is 71.6 Å². The monoisotopic (exact) mass is 848 g/mol. The number of Topliss-reactive ketones (excluding diaryl/α,β-unsaturated/α-hetero) is 1. The van der Waals surface area contributed by atoms with Crippen LogP contribution in [-0.4, -0.2) is 111 Å². The maximum atomic E-state index is 14.7. The number of aliphatic imine (C=N–C) groups is 1. The fourth-order valence-electron chi connectivity index (χ4n) is 9.15. The van der Waals surface area contributed by atoms with Crippen molar-refractivity contribution >= 4 is 29.3 Å². The van der Waals surface area contributed by atoms with Crippen molar-refractivity contribution in [2.75, 3.05) is 20.2 Å². The molecule has 1 unspecified atom stereocenters. The molecular weight excluding hydrogens is 789 g/mol. The van der Waals surface area contributed by atoms with Gasteiger partial charge in [0.1, 0.15) is 29.0 Å². The van der Waals surface area contributed by atoms with Crippen molar-refractivity contribution in [2.45, 2.75) is 124 Å². The number of allylic oxidation sites excluding steroid dienone is 4. The number of carbonyl (C=O) groups is 4. The summed E-state index contributed by atoms with van der Waals surface area (Å²) < 4.78 is 24.1. The van der Waals surface area contributed by atoms with E-state index in [-0.39, 0.29) is 56.6 Å². The van der Waals surface area contributed by atoms with Crippen LogP contribution in [0.1, 0.15) is 108 Å². The quantitative estimate of drug-likeness (QED) is 0.239. The van der Waals surface area contributed by atoms with Gasteiger partial charge in [-0.05, 0) is 19.9 Å². The molecule has 61 heavy (non-hydrogen) atoms. The zero-order valence-corrected chi connectivity index (χ0v) is 36.6. The number of fused-ring (bicyclic) bond motifs is 13.